The molecule has 0 saturated carbocycles. The van der Waals surface area contributed by atoms with E-state index in [9.17, 15) is 8.42 Å². The van der Waals surface area contributed by atoms with E-state index < -0.39 is 14.8 Å². The maximum Gasteiger partial charge on any atom is 0.237 e. The van der Waals surface area contributed by atoms with Gasteiger partial charge in [-0.1, -0.05) is 25.1 Å². The molecule has 27 heavy (non-hydrogen) atoms. The highest BCUT2D eigenvalue weighted by Crippen LogP contribution is 2.37. The number of anilines is 2. The SMILES string of the molecule is Cc1c(NCc2ccc(NS(=O)(=O)C(C)(C)C)cc2)ccc2c1CCC2C. The Bertz CT molecular complexity index is 926. The number of hydrogen-bond donors (Lipinski definition) is 2. The summed E-state index contributed by atoms with van der Waals surface area (Å²) < 4.78 is 26.3. The quantitative estimate of drug-likeness (QED) is 0.743. The van der Waals surface area contributed by atoms with Gasteiger partial charge in [0.15, 0.2) is 0 Å². The number of sulfonamides is 1. The van der Waals surface area contributed by atoms with Crippen molar-refractivity contribution in [3.63, 3.8) is 0 Å². The van der Waals surface area contributed by atoms with Crippen LogP contribution < -0.4 is 10.0 Å². The normalized spacial score (nSPS) is 16.9. The molecule has 5 heteroatoms. The molecule has 0 bridgehead atoms. The van der Waals surface area contributed by atoms with Crippen molar-refractivity contribution >= 4 is 21.4 Å². The molecular formula is C22H30N2O2S. The van der Waals surface area contributed by atoms with Crippen LogP contribution in [0.1, 0.15) is 62.3 Å². The van der Waals surface area contributed by atoms with Crippen LogP contribution >= 0.6 is 0 Å². The summed E-state index contributed by atoms with van der Waals surface area (Å²) in [6.45, 7) is 10.3. The van der Waals surface area contributed by atoms with Crippen molar-refractivity contribution in [3.8, 4) is 0 Å². The molecule has 0 aliphatic heterocycles. The van der Waals surface area contributed by atoms with Gasteiger partial charge < -0.3 is 5.32 Å². The third-order valence-corrected chi connectivity index (χ3v) is 7.61. The smallest absolute Gasteiger partial charge is 0.237 e. The highest BCUT2D eigenvalue weighted by molar-refractivity contribution is 7.94. The zero-order valence-corrected chi connectivity index (χ0v) is 17.7. The van der Waals surface area contributed by atoms with Crippen molar-refractivity contribution in [2.45, 2.75) is 64.7 Å². The van der Waals surface area contributed by atoms with E-state index in [1.165, 1.54) is 35.2 Å². The van der Waals surface area contributed by atoms with Gasteiger partial charge in [0.2, 0.25) is 10.0 Å². The van der Waals surface area contributed by atoms with Crippen LogP contribution in [-0.4, -0.2) is 13.2 Å². The van der Waals surface area contributed by atoms with Gasteiger partial charge in [0.25, 0.3) is 0 Å². The average Bonchev–Trinajstić information content (AvgIpc) is 2.96. The first-order valence-electron chi connectivity index (χ1n) is 9.56. The van der Waals surface area contributed by atoms with E-state index >= 15 is 0 Å². The molecule has 2 aromatic rings. The molecule has 3 rings (SSSR count). The largest absolute Gasteiger partial charge is 0.381 e. The first-order valence-corrected chi connectivity index (χ1v) is 11.0. The molecule has 2 aromatic carbocycles. The van der Waals surface area contributed by atoms with Crippen molar-refractivity contribution < 1.29 is 8.42 Å². The summed E-state index contributed by atoms with van der Waals surface area (Å²) in [5, 5.41) is 3.53. The fourth-order valence-electron chi connectivity index (χ4n) is 3.48. The Kier molecular flexibility index (Phi) is 5.26. The minimum Gasteiger partial charge on any atom is -0.381 e. The van der Waals surface area contributed by atoms with Gasteiger partial charge in [0.1, 0.15) is 0 Å². The molecule has 1 aliphatic rings. The molecule has 0 heterocycles. The summed E-state index contributed by atoms with van der Waals surface area (Å²) in [5.41, 5.74) is 7.23. The summed E-state index contributed by atoms with van der Waals surface area (Å²) in [5.74, 6) is 0.664. The fraction of sp³-hybridized carbons (Fsp3) is 0.455. The molecular weight excluding hydrogens is 356 g/mol. The van der Waals surface area contributed by atoms with Gasteiger partial charge >= 0.3 is 0 Å². The molecule has 4 nitrogen and oxygen atoms in total. The van der Waals surface area contributed by atoms with Crippen LogP contribution in [-0.2, 0) is 23.0 Å². The van der Waals surface area contributed by atoms with Crippen molar-refractivity contribution in [2.75, 3.05) is 10.0 Å². The van der Waals surface area contributed by atoms with Gasteiger partial charge in [-0.05, 0) is 86.9 Å². The van der Waals surface area contributed by atoms with E-state index in [1.54, 1.807) is 20.8 Å². The Morgan fingerprint density at radius 3 is 2.37 bits per heavy atom. The lowest BCUT2D eigenvalue weighted by atomic mass is 9.99. The molecule has 0 radical (unpaired) electrons. The zero-order chi connectivity index (χ0) is 19.8. The van der Waals surface area contributed by atoms with Gasteiger partial charge in [-0.3, -0.25) is 4.72 Å². The average molecular weight is 387 g/mol. The maximum absolute atomic E-state index is 12.2. The highest BCUT2D eigenvalue weighted by Gasteiger charge is 2.28. The summed E-state index contributed by atoms with van der Waals surface area (Å²) in [6.07, 6.45) is 2.41. The second-order valence-electron chi connectivity index (χ2n) is 8.51. The molecule has 0 fully saturated rings. The van der Waals surface area contributed by atoms with Crippen LogP contribution in [0.4, 0.5) is 11.4 Å². The predicted molar refractivity (Wildman–Crippen MR) is 114 cm³/mol. The molecule has 2 N–H and O–H groups in total. The lowest BCUT2D eigenvalue weighted by Crippen LogP contribution is -2.33. The van der Waals surface area contributed by atoms with Crippen molar-refractivity contribution in [1.29, 1.82) is 0 Å². The van der Waals surface area contributed by atoms with Crippen molar-refractivity contribution in [3.05, 3.63) is 58.7 Å². The molecule has 1 aliphatic carbocycles. The molecule has 0 saturated heterocycles. The van der Waals surface area contributed by atoms with E-state index in [2.05, 4.69) is 36.0 Å². The lowest BCUT2D eigenvalue weighted by molar-refractivity contribution is 0.566. The summed E-state index contributed by atoms with van der Waals surface area (Å²) in [6, 6.07) is 12.0. The number of hydrogen-bond acceptors (Lipinski definition) is 3. The summed E-state index contributed by atoms with van der Waals surface area (Å²) >= 11 is 0. The van der Waals surface area contributed by atoms with Crippen LogP contribution in [0.3, 0.4) is 0 Å². The van der Waals surface area contributed by atoms with Crippen LogP contribution in [0.15, 0.2) is 36.4 Å². The minimum absolute atomic E-state index is 0.594. The van der Waals surface area contributed by atoms with E-state index in [0.29, 0.717) is 18.2 Å². The number of nitrogens with one attached hydrogen (secondary N) is 2. The Morgan fingerprint density at radius 1 is 1.07 bits per heavy atom. The molecule has 0 aromatic heterocycles. The van der Waals surface area contributed by atoms with Crippen LogP contribution in [0, 0.1) is 6.92 Å². The molecule has 1 atom stereocenters. The Morgan fingerprint density at radius 2 is 1.74 bits per heavy atom. The van der Waals surface area contributed by atoms with E-state index in [-0.39, 0.29) is 0 Å². The van der Waals surface area contributed by atoms with Gasteiger partial charge in [-0.2, -0.15) is 0 Å². The monoisotopic (exact) mass is 386 g/mol. The second kappa shape index (κ2) is 7.19. The maximum atomic E-state index is 12.2. The topological polar surface area (TPSA) is 58.2 Å². The third kappa shape index (κ3) is 4.13. The zero-order valence-electron chi connectivity index (χ0n) is 16.9. The van der Waals surface area contributed by atoms with Crippen LogP contribution in [0.25, 0.3) is 0 Å². The fourth-order valence-corrected chi connectivity index (χ4v) is 4.23. The second-order valence-corrected chi connectivity index (χ2v) is 10.9. The highest BCUT2D eigenvalue weighted by atomic mass is 32.2. The predicted octanol–water partition coefficient (Wildman–Crippen LogP) is 5.20. The minimum atomic E-state index is -3.40. The number of fused-ring (bicyclic) bond motifs is 1. The first-order chi connectivity index (χ1) is 12.6. The summed E-state index contributed by atoms with van der Waals surface area (Å²) in [7, 11) is -3.40. The molecule has 0 spiro atoms. The van der Waals surface area contributed by atoms with Crippen molar-refractivity contribution in [1.82, 2.24) is 0 Å². The third-order valence-electron chi connectivity index (χ3n) is 5.49. The number of rotatable bonds is 5. The summed E-state index contributed by atoms with van der Waals surface area (Å²) in [4.78, 5) is 0. The Labute approximate surface area is 163 Å². The Hall–Kier alpha value is -2.01. The van der Waals surface area contributed by atoms with Gasteiger partial charge in [0, 0.05) is 17.9 Å². The van der Waals surface area contributed by atoms with E-state index in [4.69, 9.17) is 0 Å². The van der Waals surface area contributed by atoms with Crippen molar-refractivity contribution in [2.24, 2.45) is 0 Å². The number of benzene rings is 2. The standard InChI is InChI=1S/C22H30N2O2S/c1-15-6-11-20-16(2)21(13-12-19(15)20)23-14-17-7-9-18(10-8-17)24-27(25,26)22(3,4)5/h7-10,12-13,15,23-24H,6,11,14H2,1-5H3. The van der Waals surface area contributed by atoms with Gasteiger partial charge in [-0.15, -0.1) is 0 Å². The first kappa shape index (κ1) is 19.7. The molecule has 1 unspecified atom stereocenters. The lowest BCUT2D eigenvalue weighted by Gasteiger charge is -2.20. The van der Waals surface area contributed by atoms with E-state index in [1.807, 2.05) is 24.3 Å². The van der Waals surface area contributed by atoms with Gasteiger partial charge in [-0.25, -0.2) is 8.42 Å². The van der Waals surface area contributed by atoms with Gasteiger partial charge in [0.05, 0.1) is 4.75 Å². The molecule has 0 amide bonds. The van der Waals surface area contributed by atoms with E-state index in [0.717, 1.165) is 5.56 Å². The van der Waals surface area contributed by atoms with Crippen LogP contribution in [0.5, 0.6) is 0 Å². The Balaban J connectivity index is 1.66. The molecule has 146 valence electrons. The van der Waals surface area contributed by atoms with Crippen LogP contribution in [0.2, 0.25) is 0 Å².